The lowest BCUT2D eigenvalue weighted by Gasteiger charge is -2.32. The van der Waals surface area contributed by atoms with Gasteiger partial charge in [0.25, 0.3) is 5.91 Å². The van der Waals surface area contributed by atoms with E-state index in [4.69, 9.17) is 4.74 Å². The summed E-state index contributed by atoms with van der Waals surface area (Å²) in [5, 5.41) is 8.65. The number of nitrogens with zero attached hydrogens (tertiary/aromatic N) is 5. The van der Waals surface area contributed by atoms with Crippen LogP contribution in [0.25, 0.3) is 11.5 Å². The quantitative estimate of drug-likeness (QED) is 0.701. The standard InChI is InChI=1S/C20H19N5O2/c1-13-11-24(20(26)15-5-6-17-14(10-15)7-9-27-17)12-18-22-23-19(25(13)18)16-4-2-3-8-21-16/h2-6,8,10,13H,7,9,11-12H2,1H3/t13-/m0/s1. The first-order valence-electron chi connectivity index (χ1n) is 9.11. The number of fused-ring (bicyclic) bond motifs is 2. The van der Waals surface area contributed by atoms with Gasteiger partial charge in [0.2, 0.25) is 0 Å². The van der Waals surface area contributed by atoms with E-state index in [1.165, 1.54) is 0 Å². The maximum atomic E-state index is 13.0. The van der Waals surface area contributed by atoms with Gasteiger partial charge < -0.3 is 14.2 Å². The Morgan fingerprint density at radius 2 is 2.15 bits per heavy atom. The zero-order chi connectivity index (χ0) is 18.4. The van der Waals surface area contributed by atoms with Gasteiger partial charge in [0.1, 0.15) is 11.4 Å². The van der Waals surface area contributed by atoms with Gasteiger partial charge >= 0.3 is 0 Å². The molecule has 0 saturated heterocycles. The molecular weight excluding hydrogens is 342 g/mol. The number of carbonyl (C=O) groups excluding carboxylic acids is 1. The topological polar surface area (TPSA) is 73.1 Å². The summed E-state index contributed by atoms with van der Waals surface area (Å²) < 4.78 is 7.62. The van der Waals surface area contributed by atoms with Gasteiger partial charge in [-0.05, 0) is 42.8 Å². The fourth-order valence-corrected chi connectivity index (χ4v) is 3.86. The molecule has 7 nitrogen and oxygen atoms in total. The molecule has 2 aliphatic rings. The normalized spacial score (nSPS) is 18.0. The first-order chi connectivity index (χ1) is 13.2. The highest BCUT2D eigenvalue weighted by Gasteiger charge is 2.30. The van der Waals surface area contributed by atoms with E-state index in [-0.39, 0.29) is 11.9 Å². The van der Waals surface area contributed by atoms with Crippen molar-refractivity contribution in [2.45, 2.75) is 25.9 Å². The average Bonchev–Trinajstić information content (AvgIpc) is 3.34. The monoisotopic (exact) mass is 361 g/mol. The van der Waals surface area contributed by atoms with Gasteiger partial charge in [-0.2, -0.15) is 0 Å². The molecule has 2 aromatic heterocycles. The molecule has 2 aliphatic heterocycles. The molecule has 3 aromatic rings. The lowest BCUT2D eigenvalue weighted by Crippen LogP contribution is -2.40. The highest BCUT2D eigenvalue weighted by molar-refractivity contribution is 5.94. The summed E-state index contributed by atoms with van der Waals surface area (Å²) in [6, 6.07) is 11.5. The summed E-state index contributed by atoms with van der Waals surface area (Å²) >= 11 is 0. The number of ether oxygens (including phenoxy) is 1. The van der Waals surface area contributed by atoms with Gasteiger partial charge in [0.15, 0.2) is 11.6 Å². The molecule has 136 valence electrons. The second-order valence-corrected chi connectivity index (χ2v) is 6.98. The van der Waals surface area contributed by atoms with E-state index in [9.17, 15) is 4.79 Å². The molecule has 0 bridgehead atoms. The first kappa shape index (κ1) is 16.0. The van der Waals surface area contributed by atoms with Gasteiger partial charge in [-0.3, -0.25) is 9.78 Å². The van der Waals surface area contributed by atoms with Crippen LogP contribution in [0.1, 0.15) is 34.7 Å². The van der Waals surface area contributed by atoms with E-state index >= 15 is 0 Å². The van der Waals surface area contributed by atoms with Crippen LogP contribution >= 0.6 is 0 Å². The minimum absolute atomic E-state index is 0.0187. The van der Waals surface area contributed by atoms with Crippen molar-refractivity contribution in [3.63, 3.8) is 0 Å². The molecule has 4 heterocycles. The predicted molar refractivity (Wildman–Crippen MR) is 98.3 cm³/mol. The zero-order valence-electron chi connectivity index (χ0n) is 15.0. The van der Waals surface area contributed by atoms with E-state index in [1.807, 2.05) is 41.3 Å². The molecular formula is C20H19N5O2. The number of hydrogen-bond acceptors (Lipinski definition) is 5. The van der Waals surface area contributed by atoms with Gasteiger partial charge in [-0.25, -0.2) is 0 Å². The van der Waals surface area contributed by atoms with E-state index in [2.05, 4.69) is 26.7 Å². The third-order valence-corrected chi connectivity index (χ3v) is 5.14. The van der Waals surface area contributed by atoms with Crippen molar-refractivity contribution < 1.29 is 9.53 Å². The van der Waals surface area contributed by atoms with Crippen LogP contribution in [-0.2, 0) is 13.0 Å². The Morgan fingerprint density at radius 1 is 1.22 bits per heavy atom. The van der Waals surface area contributed by atoms with Crippen molar-refractivity contribution in [2.24, 2.45) is 0 Å². The maximum Gasteiger partial charge on any atom is 0.254 e. The molecule has 1 atom stereocenters. The van der Waals surface area contributed by atoms with Crippen molar-refractivity contribution in [2.75, 3.05) is 13.2 Å². The summed E-state index contributed by atoms with van der Waals surface area (Å²) in [7, 11) is 0. The number of amides is 1. The van der Waals surface area contributed by atoms with E-state index < -0.39 is 0 Å². The Hall–Kier alpha value is -3.22. The lowest BCUT2D eigenvalue weighted by atomic mass is 10.1. The maximum absolute atomic E-state index is 13.0. The number of hydrogen-bond donors (Lipinski definition) is 0. The van der Waals surface area contributed by atoms with Crippen LogP contribution in [0.2, 0.25) is 0 Å². The highest BCUT2D eigenvalue weighted by atomic mass is 16.5. The molecule has 0 saturated carbocycles. The minimum atomic E-state index is 0.0187. The van der Waals surface area contributed by atoms with Crippen LogP contribution in [0.4, 0.5) is 0 Å². The smallest absolute Gasteiger partial charge is 0.254 e. The fraction of sp³-hybridized carbons (Fsp3) is 0.300. The largest absolute Gasteiger partial charge is 0.493 e. The van der Waals surface area contributed by atoms with Crippen LogP contribution in [0.5, 0.6) is 5.75 Å². The number of aromatic nitrogens is 4. The number of benzene rings is 1. The lowest BCUT2D eigenvalue weighted by molar-refractivity contribution is 0.0682. The van der Waals surface area contributed by atoms with Gasteiger partial charge in [0.05, 0.1) is 19.2 Å². The van der Waals surface area contributed by atoms with Crippen molar-refractivity contribution >= 4 is 5.91 Å². The summed E-state index contributed by atoms with van der Waals surface area (Å²) in [6.07, 6.45) is 2.60. The van der Waals surface area contributed by atoms with E-state index in [0.29, 0.717) is 25.3 Å². The van der Waals surface area contributed by atoms with E-state index in [1.54, 1.807) is 6.20 Å². The molecule has 0 spiro atoms. The predicted octanol–water partition coefficient (Wildman–Crippen LogP) is 2.49. The van der Waals surface area contributed by atoms with E-state index in [0.717, 1.165) is 35.1 Å². The second-order valence-electron chi connectivity index (χ2n) is 6.98. The number of carbonyl (C=O) groups is 1. The molecule has 0 unspecified atom stereocenters. The molecule has 1 aromatic carbocycles. The molecule has 0 aliphatic carbocycles. The third-order valence-electron chi connectivity index (χ3n) is 5.14. The Kier molecular flexibility index (Phi) is 3.67. The van der Waals surface area contributed by atoms with Crippen molar-refractivity contribution in [3.8, 4) is 17.3 Å². The second kappa shape index (κ2) is 6.19. The molecule has 0 fully saturated rings. The molecule has 7 heteroatoms. The van der Waals surface area contributed by atoms with Crippen molar-refractivity contribution in [1.29, 1.82) is 0 Å². The summed E-state index contributed by atoms with van der Waals surface area (Å²) in [5.41, 5.74) is 2.59. The zero-order valence-corrected chi connectivity index (χ0v) is 15.0. The summed E-state index contributed by atoms with van der Waals surface area (Å²) in [5.74, 6) is 2.44. The van der Waals surface area contributed by atoms with Crippen LogP contribution in [0.15, 0.2) is 42.6 Å². The average molecular weight is 361 g/mol. The molecule has 0 N–H and O–H groups in total. The SMILES string of the molecule is C[C@H]1CN(C(=O)c2ccc3c(c2)CCO3)Cc2nnc(-c3ccccn3)n21. The first-order valence-corrected chi connectivity index (χ1v) is 9.11. The number of pyridine rings is 1. The van der Waals surface area contributed by atoms with Gasteiger partial charge in [-0.1, -0.05) is 6.07 Å². The van der Waals surface area contributed by atoms with Gasteiger partial charge in [-0.15, -0.1) is 10.2 Å². The van der Waals surface area contributed by atoms with Crippen molar-refractivity contribution in [1.82, 2.24) is 24.6 Å². The molecule has 27 heavy (non-hydrogen) atoms. The highest BCUT2D eigenvalue weighted by Crippen LogP contribution is 2.29. The summed E-state index contributed by atoms with van der Waals surface area (Å²) in [4.78, 5) is 19.3. The summed E-state index contributed by atoms with van der Waals surface area (Å²) in [6.45, 7) is 3.82. The molecule has 0 radical (unpaired) electrons. The Balaban J connectivity index is 1.43. The van der Waals surface area contributed by atoms with Gasteiger partial charge in [0, 0.05) is 24.7 Å². The molecule has 5 rings (SSSR count). The Bertz CT molecular complexity index is 1010. The number of rotatable bonds is 2. The fourth-order valence-electron chi connectivity index (χ4n) is 3.86. The Labute approximate surface area is 156 Å². The van der Waals surface area contributed by atoms with Crippen molar-refractivity contribution in [3.05, 3.63) is 59.5 Å². The Morgan fingerprint density at radius 3 is 3.00 bits per heavy atom. The molecule has 1 amide bonds. The van der Waals surface area contributed by atoms with Crippen LogP contribution in [0, 0.1) is 0 Å². The van der Waals surface area contributed by atoms with Crippen LogP contribution in [-0.4, -0.2) is 43.7 Å². The van der Waals surface area contributed by atoms with Crippen LogP contribution < -0.4 is 4.74 Å². The minimum Gasteiger partial charge on any atom is -0.493 e. The van der Waals surface area contributed by atoms with Crippen LogP contribution in [0.3, 0.4) is 0 Å². The third kappa shape index (κ3) is 2.66.